The Bertz CT molecular complexity index is 687. The fourth-order valence-electron chi connectivity index (χ4n) is 2.43. The van der Waals surface area contributed by atoms with E-state index >= 15 is 0 Å². The molecule has 1 aliphatic heterocycles. The summed E-state index contributed by atoms with van der Waals surface area (Å²) in [6, 6.07) is -1.32. The van der Waals surface area contributed by atoms with Gasteiger partial charge in [-0.1, -0.05) is 20.3 Å². The van der Waals surface area contributed by atoms with Gasteiger partial charge in [0, 0.05) is 17.9 Å². The van der Waals surface area contributed by atoms with Gasteiger partial charge in [-0.2, -0.15) is 0 Å². The third-order valence-electron chi connectivity index (χ3n) is 3.84. The van der Waals surface area contributed by atoms with E-state index in [0.717, 1.165) is 4.90 Å². The number of carboxylic acids is 1. The molecule has 0 fully saturated rings. The third kappa shape index (κ3) is 2.94. The average molecular weight is 576 g/mol. The van der Waals surface area contributed by atoms with Crippen molar-refractivity contribution >= 4 is 81.5 Å². The zero-order valence-corrected chi connectivity index (χ0v) is 18.3. The fourth-order valence-corrected chi connectivity index (χ4v) is 4.89. The van der Waals surface area contributed by atoms with Crippen molar-refractivity contribution in [2.75, 3.05) is 0 Å². The zero-order chi connectivity index (χ0) is 17.6. The van der Waals surface area contributed by atoms with Gasteiger partial charge in [0.25, 0.3) is 11.8 Å². The molecule has 1 heterocycles. The molecule has 124 valence electrons. The summed E-state index contributed by atoms with van der Waals surface area (Å²) in [4.78, 5) is 37.8. The van der Waals surface area contributed by atoms with E-state index in [-0.39, 0.29) is 11.1 Å². The number of hydrogen-bond acceptors (Lipinski definition) is 4. The molecule has 0 spiro atoms. The van der Waals surface area contributed by atoms with Crippen LogP contribution in [-0.4, -0.2) is 28.7 Å². The van der Waals surface area contributed by atoms with E-state index in [1.54, 1.807) is 13.8 Å². The first kappa shape index (κ1) is 19.1. The normalized spacial score (nSPS) is 16.5. The number of halogens is 4. The molecule has 5 nitrogen and oxygen atoms in total. The second-order valence-corrected chi connectivity index (χ2v) is 8.31. The number of hydrogen-bond donors (Lipinski definition) is 0. The minimum atomic E-state index is -1.45. The Balaban J connectivity index is 2.69. The predicted molar refractivity (Wildman–Crippen MR) is 96.0 cm³/mol. The first-order chi connectivity index (χ1) is 10.6. The summed E-state index contributed by atoms with van der Waals surface area (Å²) < 4.78 is 1.90. The Morgan fingerprint density at radius 3 is 1.70 bits per heavy atom. The number of carbonyl (C=O) groups excluding carboxylic acids is 3. The van der Waals surface area contributed by atoms with Crippen LogP contribution in [0.15, 0.2) is 17.9 Å². The number of nitrogens with zero attached hydrogens (tertiary/aromatic N) is 1. The lowest BCUT2D eigenvalue weighted by Crippen LogP contribution is -2.53. The van der Waals surface area contributed by atoms with E-state index in [9.17, 15) is 19.5 Å². The van der Waals surface area contributed by atoms with Gasteiger partial charge in [-0.05, 0) is 69.6 Å². The van der Waals surface area contributed by atoms with Crippen molar-refractivity contribution in [1.29, 1.82) is 0 Å². The molecule has 2 amide bonds. The van der Waals surface area contributed by atoms with Gasteiger partial charge in [-0.25, -0.2) is 0 Å². The smallest absolute Gasteiger partial charge is 0.263 e. The molecule has 23 heavy (non-hydrogen) atoms. The largest absolute Gasteiger partial charge is 0.548 e. The Labute approximate surface area is 166 Å². The van der Waals surface area contributed by atoms with Gasteiger partial charge < -0.3 is 9.90 Å². The first-order valence-electron chi connectivity index (χ1n) is 6.59. The molecular formula is C14H10Br4NO4-. The van der Waals surface area contributed by atoms with Gasteiger partial charge in [-0.3, -0.25) is 14.5 Å². The van der Waals surface area contributed by atoms with E-state index in [4.69, 9.17) is 0 Å². The molecule has 2 rings (SSSR count). The second kappa shape index (κ2) is 6.93. The maximum absolute atomic E-state index is 12.7. The molecule has 0 saturated heterocycles. The van der Waals surface area contributed by atoms with Crippen molar-refractivity contribution in [3.05, 3.63) is 29.0 Å². The van der Waals surface area contributed by atoms with Crippen molar-refractivity contribution in [3.8, 4) is 0 Å². The van der Waals surface area contributed by atoms with Crippen LogP contribution in [0.4, 0.5) is 0 Å². The molecule has 1 aromatic carbocycles. The van der Waals surface area contributed by atoms with Crippen LogP contribution in [0, 0.1) is 5.92 Å². The Morgan fingerprint density at radius 2 is 1.39 bits per heavy atom. The number of benzene rings is 1. The molecule has 0 N–H and O–H groups in total. The second-order valence-electron chi connectivity index (χ2n) is 5.14. The summed E-state index contributed by atoms with van der Waals surface area (Å²) in [5.41, 5.74) is 0.262. The van der Waals surface area contributed by atoms with Gasteiger partial charge >= 0.3 is 0 Å². The molecule has 1 aliphatic rings. The Morgan fingerprint density at radius 1 is 1.00 bits per heavy atom. The van der Waals surface area contributed by atoms with Crippen LogP contribution in [0.2, 0.25) is 0 Å². The highest BCUT2D eigenvalue weighted by atomic mass is 79.9. The van der Waals surface area contributed by atoms with Crippen molar-refractivity contribution in [2.45, 2.75) is 26.3 Å². The van der Waals surface area contributed by atoms with Gasteiger partial charge in [0.2, 0.25) is 0 Å². The first-order valence-corrected chi connectivity index (χ1v) is 9.76. The number of rotatable bonds is 4. The highest BCUT2D eigenvalue weighted by Crippen LogP contribution is 2.45. The van der Waals surface area contributed by atoms with Crippen LogP contribution in [0.1, 0.15) is 41.0 Å². The number of carbonyl (C=O) groups is 3. The van der Waals surface area contributed by atoms with Crippen molar-refractivity contribution in [2.24, 2.45) is 5.92 Å². The topological polar surface area (TPSA) is 77.5 Å². The summed E-state index contributed by atoms with van der Waals surface area (Å²) >= 11 is 13.2. The monoisotopic (exact) mass is 572 g/mol. The van der Waals surface area contributed by atoms with E-state index in [0.29, 0.717) is 24.3 Å². The van der Waals surface area contributed by atoms with E-state index in [2.05, 4.69) is 63.7 Å². The average Bonchev–Trinajstić information content (AvgIpc) is 2.75. The fraction of sp³-hybridized carbons (Fsp3) is 0.357. The third-order valence-corrected chi connectivity index (χ3v) is 8.60. The molecule has 2 unspecified atom stereocenters. The predicted octanol–water partition coefficient (Wildman–Crippen LogP) is 3.50. The highest BCUT2D eigenvalue weighted by Gasteiger charge is 2.45. The number of carboxylic acid groups (broad SMARTS) is 1. The molecule has 1 aromatic rings. The maximum Gasteiger partial charge on any atom is 0.263 e. The summed E-state index contributed by atoms with van der Waals surface area (Å²) in [7, 11) is 0. The van der Waals surface area contributed by atoms with E-state index < -0.39 is 29.7 Å². The van der Waals surface area contributed by atoms with Gasteiger partial charge in [-0.15, -0.1) is 0 Å². The summed E-state index contributed by atoms with van der Waals surface area (Å²) in [5, 5.41) is 11.5. The minimum Gasteiger partial charge on any atom is -0.548 e. The lowest BCUT2D eigenvalue weighted by molar-refractivity contribution is -0.311. The molecule has 9 heteroatoms. The van der Waals surface area contributed by atoms with E-state index in [1.807, 2.05) is 0 Å². The summed E-state index contributed by atoms with van der Waals surface area (Å²) in [6.45, 7) is 3.46. The molecule has 0 saturated carbocycles. The van der Waals surface area contributed by atoms with Gasteiger partial charge in [0.1, 0.15) is 0 Å². The van der Waals surface area contributed by atoms with E-state index in [1.165, 1.54) is 0 Å². The lowest BCUT2D eigenvalue weighted by atomic mass is 9.98. The van der Waals surface area contributed by atoms with Crippen LogP contribution in [0.25, 0.3) is 0 Å². The van der Waals surface area contributed by atoms with Crippen LogP contribution in [0.3, 0.4) is 0 Å². The van der Waals surface area contributed by atoms with Crippen LogP contribution >= 0.6 is 63.7 Å². The Hall–Kier alpha value is -0.250. The Kier molecular flexibility index (Phi) is 5.75. The minimum absolute atomic E-state index is 0.131. The number of imide groups is 1. The maximum atomic E-state index is 12.7. The number of amides is 2. The molecular weight excluding hydrogens is 566 g/mol. The lowest BCUT2D eigenvalue weighted by Gasteiger charge is -2.31. The highest BCUT2D eigenvalue weighted by molar-refractivity contribution is 9.15. The number of fused-ring (bicyclic) bond motifs is 1. The SMILES string of the molecule is CCC(C)C(C(=O)[O-])N1C(=O)c2c(Br)c(Br)c(Br)c(Br)c2C1=O. The van der Waals surface area contributed by atoms with Crippen LogP contribution < -0.4 is 5.11 Å². The van der Waals surface area contributed by atoms with Crippen molar-refractivity contribution in [1.82, 2.24) is 4.90 Å². The zero-order valence-electron chi connectivity index (χ0n) is 12.0. The molecule has 2 atom stereocenters. The number of aliphatic carboxylic acids is 1. The molecule has 0 aliphatic carbocycles. The van der Waals surface area contributed by atoms with Crippen LogP contribution in [0.5, 0.6) is 0 Å². The van der Waals surface area contributed by atoms with Crippen molar-refractivity contribution in [3.63, 3.8) is 0 Å². The quantitative estimate of drug-likeness (QED) is 0.313. The summed E-state index contributed by atoms with van der Waals surface area (Å²) in [5.74, 6) is -3.17. The molecule has 0 bridgehead atoms. The van der Waals surface area contributed by atoms with Gasteiger partial charge in [0.15, 0.2) is 0 Å². The van der Waals surface area contributed by atoms with Crippen molar-refractivity contribution < 1.29 is 19.5 Å². The van der Waals surface area contributed by atoms with Gasteiger partial charge in [0.05, 0.1) is 23.1 Å². The summed E-state index contributed by atoms with van der Waals surface area (Å²) in [6.07, 6.45) is 0.488. The molecule has 0 radical (unpaired) electrons. The standard InChI is InChI=1S/C14H11Br4NO4/c1-3-4(2)11(14(22)23)19-12(20)5-6(13(19)21)8(16)10(18)9(17)7(5)15/h4,11H,3H2,1-2H3,(H,22,23)/p-1. The van der Waals surface area contributed by atoms with Crippen LogP contribution in [-0.2, 0) is 4.79 Å². The molecule has 0 aromatic heterocycles.